The molecule has 124 valence electrons. The van der Waals surface area contributed by atoms with Gasteiger partial charge in [-0.05, 0) is 55.8 Å². The highest BCUT2D eigenvalue weighted by Gasteiger charge is 1.99. The zero-order chi connectivity index (χ0) is 15.9. The van der Waals surface area contributed by atoms with E-state index in [1.807, 2.05) is 62.4 Å². The number of rotatable bonds is 5. The summed E-state index contributed by atoms with van der Waals surface area (Å²) in [5, 5.41) is 3.74. The van der Waals surface area contributed by atoms with Gasteiger partial charge in [-0.1, -0.05) is 23.7 Å². The molecule has 0 unspecified atom stereocenters. The van der Waals surface area contributed by atoms with E-state index in [9.17, 15) is 0 Å². The van der Waals surface area contributed by atoms with Gasteiger partial charge in [0.2, 0.25) is 0 Å². The maximum absolute atomic E-state index is 5.93. The quantitative estimate of drug-likeness (QED) is 0.399. The van der Waals surface area contributed by atoms with Crippen LogP contribution in [-0.2, 0) is 6.54 Å². The van der Waals surface area contributed by atoms with Gasteiger partial charge in [-0.15, -0.1) is 24.0 Å². The highest BCUT2D eigenvalue weighted by atomic mass is 127. The third kappa shape index (κ3) is 7.09. The maximum Gasteiger partial charge on any atom is 0.193 e. The van der Waals surface area contributed by atoms with Gasteiger partial charge in [0.25, 0.3) is 0 Å². The molecule has 0 radical (unpaired) electrons. The fraction of sp³-hybridized carbons (Fsp3) is 0.235. The van der Waals surface area contributed by atoms with Crippen molar-refractivity contribution >= 4 is 47.2 Å². The third-order valence-electron chi connectivity index (χ3n) is 2.82. The summed E-state index contributed by atoms with van der Waals surface area (Å²) in [5.41, 5.74) is 7.76. The first-order chi connectivity index (χ1) is 10.5. The van der Waals surface area contributed by atoms with Gasteiger partial charge in [-0.25, -0.2) is 4.99 Å². The Bertz CT molecular complexity index is 645. The van der Waals surface area contributed by atoms with E-state index < -0.39 is 0 Å². The SMILES string of the molecule is CC(C)Oc1ccc(NC(N)=NCc2cccc(Cl)c2)cc1.I. The molecular formula is C17H21ClIN3O. The van der Waals surface area contributed by atoms with Crippen LogP contribution in [0.15, 0.2) is 53.5 Å². The van der Waals surface area contributed by atoms with E-state index in [1.165, 1.54) is 0 Å². The number of nitrogens with one attached hydrogen (secondary N) is 1. The molecular weight excluding hydrogens is 425 g/mol. The first-order valence-electron chi connectivity index (χ1n) is 7.11. The molecule has 6 heteroatoms. The molecule has 0 aliphatic heterocycles. The minimum atomic E-state index is 0. The lowest BCUT2D eigenvalue weighted by Gasteiger charge is -2.11. The fourth-order valence-electron chi connectivity index (χ4n) is 1.89. The molecule has 0 aliphatic rings. The summed E-state index contributed by atoms with van der Waals surface area (Å²) < 4.78 is 5.59. The zero-order valence-corrected chi connectivity index (χ0v) is 16.2. The maximum atomic E-state index is 5.93. The summed E-state index contributed by atoms with van der Waals surface area (Å²) in [5.74, 6) is 1.19. The predicted molar refractivity (Wildman–Crippen MR) is 108 cm³/mol. The second-order valence-electron chi connectivity index (χ2n) is 5.15. The minimum Gasteiger partial charge on any atom is -0.491 e. The number of ether oxygens (including phenoxy) is 1. The van der Waals surface area contributed by atoms with Crippen LogP contribution < -0.4 is 15.8 Å². The summed E-state index contributed by atoms with van der Waals surface area (Å²) in [6.45, 7) is 4.47. The Morgan fingerprint density at radius 1 is 1.22 bits per heavy atom. The van der Waals surface area contributed by atoms with Gasteiger partial charge >= 0.3 is 0 Å². The molecule has 0 bridgehead atoms. The van der Waals surface area contributed by atoms with Crippen LogP contribution in [0.2, 0.25) is 5.02 Å². The summed E-state index contributed by atoms with van der Waals surface area (Å²) in [6, 6.07) is 15.1. The molecule has 0 amide bonds. The van der Waals surface area contributed by atoms with E-state index in [0.717, 1.165) is 17.0 Å². The van der Waals surface area contributed by atoms with E-state index in [4.69, 9.17) is 22.1 Å². The van der Waals surface area contributed by atoms with Crippen molar-refractivity contribution in [2.45, 2.75) is 26.5 Å². The smallest absolute Gasteiger partial charge is 0.193 e. The van der Waals surface area contributed by atoms with E-state index in [2.05, 4.69) is 10.3 Å². The molecule has 0 saturated carbocycles. The van der Waals surface area contributed by atoms with Crippen molar-refractivity contribution < 1.29 is 4.74 Å². The lowest BCUT2D eigenvalue weighted by atomic mass is 10.2. The highest BCUT2D eigenvalue weighted by Crippen LogP contribution is 2.17. The average Bonchev–Trinajstić information content (AvgIpc) is 2.47. The number of hydrogen-bond donors (Lipinski definition) is 2. The van der Waals surface area contributed by atoms with Crippen LogP contribution >= 0.6 is 35.6 Å². The topological polar surface area (TPSA) is 59.6 Å². The molecule has 4 nitrogen and oxygen atoms in total. The number of nitrogens with zero attached hydrogens (tertiary/aromatic N) is 1. The van der Waals surface area contributed by atoms with Crippen LogP contribution in [0.4, 0.5) is 5.69 Å². The Morgan fingerprint density at radius 2 is 1.91 bits per heavy atom. The van der Waals surface area contributed by atoms with Gasteiger partial charge in [0.15, 0.2) is 5.96 Å². The zero-order valence-electron chi connectivity index (χ0n) is 13.1. The largest absolute Gasteiger partial charge is 0.491 e. The first kappa shape index (κ1) is 19.6. The number of guanidine groups is 1. The molecule has 0 atom stereocenters. The van der Waals surface area contributed by atoms with Gasteiger partial charge in [0, 0.05) is 10.7 Å². The molecule has 3 N–H and O–H groups in total. The third-order valence-corrected chi connectivity index (χ3v) is 3.05. The Kier molecular flexibility index (Phi) is 8.19. The Morgan fingerprint density at radius 3 is 2.52 bits per heavy atom. The van der Waals surface area contributed by atoms with Crippen molar-refractivity contribution in [3.8, 4) is 5.75 Å². The van der Waals surface area contributed by atoms with Gasteiger partial charge < -0.3 is 15.8 Å². The number of benzene rings is 2. The predicted octanol–water partition coefficient (Wildman–Crippen LogP) is 4.67. The second-order valence-corrected chi connectivity index (χ2v) is 5.58. The van der Waals surface area contributed by atoms with Gasteiger partial charge in [-0.3, -0.25) is 0 Å². The van der Waals surface area contributed by atoms with E-state index in [0.29, 0.717) is 17.5 Å². The van der Waals surface area contributed by atoms with Crippen molar-refractivity contribution in [1.29, 1.82) is 0 Å². The van der Waals surface area contributed by atoms with Crippen molar-refractivity contribution in [1.82, 2.24) is 0 Å². The summed E-state index contributed by atoms with van der Waals surface area (Å²) >= 11 is 5.93. The minimum absolute atomic E-state index is 0. The Hall–Kier alpha value is -1.47. The monoisotopic (exact) mass is 445 g/mol. The molecule has 0 heterocycles. The molecule has 0 spiro atoms. The van der Waals surface area contributed by atoms with Crippen LogP contribution in [0.3, 0.4) is 0 Å². The lowest BCUT2D eigenvalue weighted by molar-refractivity contribution is 0.242. The number of anilines is 1. The number of hydrogen-bond acceptors (Lipinski definition) is 2. The molecule has 2 aromatic rings. The fourth-order valence-corrected chi connectivity index (χ4v) is 2.10. The first-order valence-corrected chi connectivity index (χ1v) is 7.49. The van der Waals surface area contributed by atoms with E-state index >= 15 is 0 Å². The van der Waals surface area contributed by atoms with Crippen molar-refractivity contribution in [3.05, 3.63) is 59.1 Å². The number of halogens is 2. The Balaban J connectivity index is 0.00000264. The van der Waals surface area contributed by atoms with E-state index in [1.54, 1.807) is 0 Å². The van der Waals surface area contributed by atoms with Crippen LogP contribution in [0.25, 0.3) is 0 Å². The van der Waals surface area contributed by atoms with Crippen LogP contribution in [-0.4, -0.2) is 12.1 Å². The summed E-state index contributed by atoms with van der Waals surface area (Å²) in [7, 11) is 0. The molecule has 23 heavy (non-hydrogen) atoms. The van der Waals surface area contributed by atoms with Crippen molar-refractivity contribution in [3.63, 3.8) is 0 Å². The van der Waals surface area contributed by atoms with Gasteiger partial charge in [0.05, 0.1) is 12.6 Å². The van der Waals surface area contributed by atoms with Gasteiger partial charge in [0.1, 0.15) is 5.75 Å². The van der Waals surface area contributed by atoms with Crippen LogP contribution in [0.5, 0.6) is 5.75 Å². The summed E-state index contributed by atoms with van der Waals surface area (Å²) in [4.78, 5) is 4.30. The second kappa shape index (κ2) is 9.62. The number of nitrogens with two attached hydrogens (primary N) is 1. The molecule has 2 rings (SSSR count). The molecule has 0 saturated heterocycles. The lowest BCUT2D eigenvalue weighted by Crippen LogP contribution is -2.22. The normalized spacial score (nSPS) is 11.0. The molecule has 0 fully saturated rings. The van der Waals surface area contributed by atoms with Gasteiger partial charge in [-0.2, -0.15) is 0 Å². The average molecular weight is 446 g/mol. The molecule has 2 aromatic carbocycles. The standard InChI is InChI=1S/C17H20ClN3O.HI/c1-12(2)22-16-8-6-15(7-9-16)21-17(19)20-11-13-4-3-5-14(18)10-13;/h3-10,12H,11H2,1-2H3,(H3,19,20,21);1H. The summed E-state index contributed by atoms with van der Waals surface area (Å²) in [6.07, 6.45) is 0.156. The van der Waals surface area contributed by atoms with E-state index in [-0.39, 0.29) is 30.1 Å². The molecule has 0 aliphatic carbocycles. The highest BCUT2D eigenvalue weighted by molar-refractivity contribution is 14.0. The molecule has 0 aromatic heterocycles. The van der Waals surface area contributed by atoms with Crippen molar-refractivity contribution in [2.75, 3.05) is 5.32 Å². The number of aliphatic imine (C=N–C) groups is 1. The Labute approximate surface area is 159 Å². The van der Waals surface area contributed by atoms with Crippen LogP contribution in [0.1, 0.15) is 19.4 Å². The van der Waals surface area contributed by atoms with Crippen LogP contribution in [0, 0.1) is 0 Å². The van der Waals surface area contributed by atoms with Crippen molar-refractivity contribution in [2.24, 2.45) is 10.7 Å².